The number of carbonyl (C=O) groups is 1. The summed E-state index contributed by atoms with van der Waals surface area (Å²) >= 11 is 0. The molecule has 4 rings (SSSR count). The van der Waals surface area contributed by atoms with E-state index in [-0.39, 0.29) is 29.4 Å². The highest BCUT2D eigenvalue weighted by Crippen LogP contribution is 2.37. The summed E-state index contributed by atoms with van der Waals surface area (Å²) < 4.78 is 62.3. The van der Waals surface area contributed by atoms with E-state index in [9.17, 15) is 18.0 Å². The number of hydrogen-bond donors (Lipinski definition) is 0. The van der Waals surface area contributed by atoms with Crippen LogP contribution in [-0.2, 0) is 22.1 Å². The first-order chi connectivity index (χ1) is 17.3. The van der Waals surface area contributed by atoms with E-state index in [0.29, 0.717) is 42.9 Å². The lowest BCUT2D eigenvalue weighted by atomic mass is 10.0. The average molecular weight is 504 g/mol. The Balaban J connectivity index is 1.56. The van der Waals surface area contributed by atoms with Crippen LogP contribution in [-0.4, -0.2) is 45.3 Å². The van der Waals surface area contributed by atoms with E-state index in [4.69, 9.17) is 14.2 Å². The van der Waals surface area contributed by atoms with Gasteiger partial charge in [-0.3, -0.25) is 4.40 Å². The monoisotopic (exact) mass is 504 g/mol. The van der Waals surface area contributed by atoms with Gasteiger partial charge in [-0.05, 0) is 37.1 Å². The summed E-state index contributed by atoms with van der Waals surface area (Å²) in [6.45, 7) is 5.15. The number of esters is 1. The first-order valence-electron chi connectivity index (χ1n) is 11.2. The van der Waals surface area contributed by atoms with E-state index in [1.807, 2.05) is 13.8 Å². The van der Waals surface area contributed by atoms with Gasteiger partial charge in [-0.1, -0.05) is 12.1 Å². The van der Waals surface area contributed by atoms with Crippen LogP contribution in [0, 0.1) is 0 Å². The summed E-state index contributed by atoms with van der Waals surface area (Å²) in [5.74, 6) is 0.00938. The number of halogens is 3. The van der Waals surface area contributed by atoms with Gasteiger partial charge in [0, 0.05) is 32.0 Å². The molecule has 1 aromatic carbocycles. The molecule has 0 aliphatic carbocycles. The average Bonchev–Trinajstić information content (AvgIpc) is 3.51. The molecule has 0 aliphatic heterocycles. The second-order valence-electron chi connectivity index (χ2n) is 7.60. The topological polar surface area (TPSA) is 101 Å². The lowest BCUT2D eigenvalue weighted by molar-refractivity contribution is -0.142. The van der Waals surface area contributed by atoms with Crippen LogP contribution in [0.4, 0.5) is 13.2 Å². The van der Waals surface area contributed by atoms with Gasteiger partial charge >= 0.3 is 12.1 Å². The van der Waals surface area contributed by atoms with Crippen molar-refractivity contribution in [3.8, 4) is 22.9 Å². The van der Waals surface area contributed by atoms with Gasteiger partial charge in [0.25, 0.3) is 5.88 Å². The Morgan fingerprint density at radius 3 is 2.75 bits per heavy atom. The summed E-state index contributed by atoms with van der Waals surface area (Å²) in [6, 6.07) is 4.88. The minimum Gasteiger partial charge on any atom is -0.462 e. The van der Waals surface area contributed by atoms with Crippen LogP contribution in [0.25, 0.3) is 16.9 Å². The van der Waals surface area contributed by atoms with Gasteiger partial charge in [-0.15, -0.1) is 0 Å². The molecule has 0 fully saturated rings. The predicted octanol–water partition coefficient (Wildman–Crippen LogP) is 5.34. The van der Waals surface area contributed by atoms with Crippen molar-refractivity contribution in [2.24, 2.45) is 0 Å². The molecule has 0 amide bonds. The lowest BCUT2D eigenvalue weighted by Crippen LogP contribution is -2.10. The molecule has 0 bridgehead atoms. The summed E-state index contributed by atoms with van der Waals surface area (Å²) in [5, 5.41) is 3.08. The summed E-state index contributed by atoms with van der Waals surface area (Å²) in [6.07, 6.45) is 1.45. The molecule has 12 heteroatoms. The van der Waals surface area contributed by atoms with Crippen LogP contribution >= 0.6 is 0 Å². The Morgan fingerprint density at radius 2 is 2.00 bits per heavy atom. The molecule has 4 aromatic rings. The number of ether oxygens (including phenoxy) is 3. The van der Waals surface area contributed by atoms with E-state index >= 15 is 0 Å². The summed E-state index contributed by atoms with van der Waals surface area (Å²) in [4.78, 5) is 20.9. The van der Waals surface area contributed by atoms with Crippen LogP contribution in [0.3, 0.4) is 0 Å². The van der Waals surface area contributed by atoms with E-state index < -0.39 is 17.8 Å². The van der Waals surface area contributed by atoms with E-state index in [1.54, 1.807) is 18.2 Å². The molecule has 36 heavy (non-hydrogen) atoms. The largest absolute Gasteiger partial charge is 0.462 e. The zero-order valence-corrected chi connectivity index (χ0v) is 19.5. The number of carbonyl (C=O) groups excluding carboxylic acids is 1. The fraction of sp³-hybridized carbons (Fsp3) is 0.333. The zero-order chi connectivity index (χ0) is 25.7. The molecule has 9 nitrogen and oxygen atoms in total. The van der Waals surface area contributed by atoms with Crippen LogP contribution < -0.4 is 4.74 Å². The van der Waals surface area contributed by atoms with Crippen LogP contribution in [0.2, 0.25) is 0 Å². The Labute approximate surface area is 203 Å². The van der Waals surface area contributed by atoms with Gasteiger partial charge in [0.05, 0.1) is 29.6 Å². The number of imidazole rings is 1. The van der Waals surface area contributed by atoms with Crippen LogP contribution in [0.5, 0.6) is 11.6 Å². The molecule has 3 heterocycles. The third-order valence-electron chi connectivity index (χ3n) is 5.27. The highest BCUT2D eigenvalue weighted by atomic mass is 19.4. The second-order valence-corrected chi connectivity index (χ2v) is 7.60. The first kappa shape index (κ1) is 25.2. The Morgan fingerprint density at radius 1 is 1.17 bits per heavy atom. The SMILES string of the molecule is CCOCCCOC(=O)c1ccc(Oc2nccn3c(-c4conc4C(F)(F)F)cnc23)cc1CC. The number of aryl methyl sites for hydroxylation is 1. The Hall–Kier alpha value is -3.93. The molecule has 0 saturated heterocycles. The normalized spacial score (nSPS) is 11.7. The van der Waals surface area contributed by atoms with E-state index in [2.05, 4.69) is 19.6 Å². The summed E-state index contributed by atoms with van der Waals surface area (Å²) in [7, 11) is 0. The Kier molecular flexibility index (Phi) is 7.53. The van der Waals surface area contributed by atoms with Crippen molar-refractivity contribution in [2.45, 2.75) is 32.9 Å². The molecule has 0 saturated carbocycles. The summed E-state index contributed by atoms with van der Waals surface area (Å²) in [5.41, 5.74) is 0.0153. The minimum absolute atomic E-state index is 0.0714. The van der Waals surface area contributed by atoms with Gasteiger partial charge in [0.15, 0.2) is 5.69 Å². The third kappa shape index (κ3) is 5.33. The molecule has 0 atom stereocenters. The molecule has 0 spiro atoms. The van der Waals surface area contributed by atoms with Gasteiger partial charge in [-0.25, -0.2) is 14.8 Å². The smallest absolute Gasteiger partial charge is 0.437 e. The molecule has 0 aliphatic rings. The number of aromatic nitrogens is 4. The molecule has 0 radical (unpaired) electrons. The van der Waals surface area contributed by atoms with Crippen LogP contribution in [0.1, 0.15) is 41.9 Å². The number of fused-ring (bicyclic) bond motifs is 1. The van der Waals surface area contributed by atoms with Crippen molar-refractivity contribution in [1.82, 2.24) is 19.5 Å². The number of alkyl halides is 3. The maximum absolute atomic E-state index is 13.3. The zero-order valence-electron chi connectivity index (χ0n) is 19.5. The van der Waals surface area contributed by atoms with Gasteiger partial charge in [0.2, 0.25) is 5.65 Å². The maximum atomic E-state index is 13.3. The van der Waals surface area contributed by atoms with Gasteiger partial charge < -0.3 is 18.7 Å². The van der Waals surface area contributed by atoms with Gasteiger partial charge in [0.1, 0.15) is 12.0 Å². The van der Waals surface area contributed by atoms with Crippen LogP contribution in [0.15, 0.2) is 47.6 Å². The third-order valence-corrected chi connectivity index (χ3v) is 5.27. The van der Waals surface area contributed by atoms with Crippen molar-refractivity contribution in [3.05, 3.63) is 59.9 Å². The highest BCUT2D eigenvalue weighted by molar-refractivity contribution is 5.91. The molecular weight excluding hydrogens is 481 g/mol. The van der Waals surface area contributed by atoms with E-state index in [1.165, 1.54) is 23.0 Å². The van der Waals surface area contributed by atoms with Crippen molar-refractivity contribution < 1.29 is 36.7 Å². The van der Waals surface area contributed by atoms with Crippen molar-refractivity contribution in [1.29, 1.82) is 0 Å². The van der Waals surface area contributed by atoms with Crippen molar-refractivity contribution >= 4 is 11.6 Å². The Bertz CT molecular complexity index is 1350. The minimum atomic E-state index is -4.69. The standard InChI is InChI=1S/C24H23F3N4O5/c1-3-15-12-16(6-7-17(15)23(32)34-11-5-10-33-4-2)36-22-21-29-13-19(31(21)9-8-28-22)18-14-35-30-20(18)24(25,26)27/h6-9,12-14H,3-5,10-11H2,1-2H3. The fourth-order valence-electron chi connectivity index (χ4n) is 3.57. The molecular formula is C24H23F3N4O5. The van der Waals surface area contributed by atoms with Gasteiger partial charge in [-0.2, -0.15) is 13.2 Å². The van der Waals surface area contributed by atoms with Crippen molar-refractivity contribution in [3.63, 3.8) is 0 Å². The van der Waals surface area contributed by atoms with E-state index in [0.717, 1.165) is 6.26 Å². The van der Waals surface area contributed by atoms with Crippen molar-refractivity contribution in [2.75, 3.05) is 19.8 Å². The molecule has 190 valence electrons. The quantitative estimate of drug-likeness (QED) is 0.211. The number of hydrogen-bond acceptors (Lipinski definition) is 8. The number of rotatable bonds is 10. The molecule has 0 unspecified atom stereocenters. The predicted molar refractivity (Wildman–Crippen MR) is 121 cm³/mol. The number of benzene rings is 1. The highest BCUT2D eigenvalue weighted by Gasteiger charge is 2.38. The fourth-order valence-corrected chi connectivity index (χ4v) is 3.57. The molecule has 0 N–H and O–H groups in total. The maximum Gasteiger partial charge on any atom is 0.437 e. The number of nitrogens with zero attached hydrogens (tertiary/aromatic N) is 4. The second kappa shape index (κ2) is 10.8. The first-order valence-corrected chi connectivity index (χ1v) is 11.2. The molecule has 3 aromatic heterocycles. The lowest BCUT2D eigenvalue weighted by Gasteiger charge is -2.12.